The van der Waals surface area contributed by atoms with Crippen molar-refractivity contribution in [2.45, 2.75) is 52.2 Å². The van der Waals surface area contributed by atoms with Gasteiger partial charge < -0.3 is 9.47 Å². The number of hydrogen-bond donors (Lipinski definition) is 0. The number of carbonyl (C=O) groups is 1. The fourth-order valence-corrected chi connectivity index (χ4v) is 1.80. The molecule has 0 saturated heterocycles. The zero-order chi connectivity index (χ0) is 15.3. The molecule has 0 aliphatic carbocycles. The van der Waals surface area contributed by atoms with Crippen molar-refractivity contribution in [3.05, 3.63) is 48.0 Å². The Labute approximate surface area is 128 Å². The highest BCUT2D eigenvalue weighted by Crippen LogP contribution is 2.08. The number of rotatable bonds is 10. The number of esters is 1. The Morgan fingerprint density at radius 2 is 2.00 bits per heavy atom. The summed E-state index contributed by atoms with van der Waals surface area (Å²) in [6, 6.07) is 10.2. The van der Waals surface area contributed by atoms with E-state index in [9.17, 15) is 4.79 Å². The number of hydrogen-bond acceptors (Lipinski definition) is 3. The Morgan fingerprint density at radius 3 is 2.71 bits per heavy atom. The third-order valence-electron chi connectivity index (χ3n) is 3.04. The molecule has 1 aromatic rings. The van der Waals surface area contributed by atoms with Gasteiger partial charge in [0.2, 0.25) is 0 Å². The molecular weight excluding hydrogens is 264 g/mol. The van der Waals surface area contributed by atoms with E-state index < -0.39 is 0 Å². The van der Waals surface area contributed by atoms with Crippen LogP contribution in [-0.4, -0.2) is 18.7 Å². The van der Waals surface area contributed by atoms with Crippen molar-refractivity contribution in [1.82, 2.24) is 0 Å². The zero-order valence-corrected chi connectivity index (χ0v) is 13.1. The van der Waals surface area contributed by atoms with Crippen LogP contribution in [0.1, 0.15) is 45.1 Å². The van der Waals surface area contributed by atoms with Gasteiger partial charge in [0, 0.05) is 0 Å². The molecule has 0 aromatic heterocycles. The Bertz CT molecular complexity index is 412. The lowest BCUT2D eigenvalue weighted by Gasteiger charge is -2.11. The standard InChI is InChI=1S/C18H26O3/c1-3-14-20-18(19)13-9-4-6-10-16(2)21-15-17-11-7-5-8-12-17/h4-5,7-9,11-12,16H,3,6,10,13-15H2,1-2H3/b9-4+. The summed E-state index contributed by atoms with van der Waals surface area (Å²) in [5, 5.41) is 0. The first kappa shape index (κ1) is 17.4. The predicted molar refractivity (Wildman–Crippen MR) is 84.9 cm³/mol. The van der Waals surface area contributed by atoms with Crippen LogP contribution in [0.3, 0.4) is 0 Å². The molecule has 0 amide bonds. The lowest BCUT2D eigenvalue weighted by Crippen LogP contribution is -2.07. The Morgan fingerprint density at radius 1 is 1.24 bits per heavy atom. The van der Waals surface area contributed by atoms with Crippen LogP contribution >= 0.6 is 0 Å². The third-order valence-corrected chi connectivity index (χ3v) is 3.04. The van der Waals surface area contributed by atoms with E-state index in [0.717, 1.165) is 19.3 Å². The molecule has 21 heavy (non-hydrogen) atoms. The van der Waals surface area contributed by atoms with E-state index in [-0.39, 0.29) is 12.1 Å². The van der Waals surface area contributed by atoms with Crippen molar-refractivity contribution in [3.8, 4) is 0 Å². The quantitative estimate of drug-likeness (QED) is 0.477. The first-order valence-corrected chi connectivity index (χ1v) is 7.68. The van der Waals surface area contributed by atoms with E-state index in [0.29, 0.717) is 19.6 Å². The summed E-state index contributed by atoms with van der Waals surface area (Å²) in [6.45, 7) is 5.22. The number of carbonyl (C=O) groups excluding carboxylic acids is 1. The van der Waals surface area contributed by atoms with Gasteiger partial charge in [-0.1, -0.05) is 49.4 Å². The van der Waals surface area contributed by atoms with Crippen molar-refractivity contribution in [3.63, 3.8) is 0 Å². The summed E-state index contributed by atoms with van der Waals surface area (Å²) >= 11 is 0. The van der Waals surface area contributed by atoms with Crippen LogP contribution in [0.2, 0.25) is 0 Å². The summed E-state index contributed by atoms with van der Waals surface area (Å²) in [7, 11) is 0. The molecule has 0 spiro atoms. The molecule has 0 heterocycles. The summed E-state index contributed by atoms with van der Waals surface area (Å²) < 4.78 is 10.8. The van der Waals surface area contributed by atoms with Gasteiger partial charge in [0.05, 0.1) is 25.7 Å². The van der Waals surface area contributed by atoms with Gasteiger partial charge in [0.25, 0.3) is 0 Å². The second-order valence-electron chi connectivity index (χ2n) is 5.08. The molecule has 1 aromatic carbocycles. The normalized spacial score (nSPS) is 12.5. The molecule has 0 saturated carbocycles. The van der Waals surface area contributed by atoms with Gasteiger partial charge in [0.15, 0.2) is 0 Å². The molecule has 1 rings (SSSR count). The SMILES string of the molecule is CCCOC(=O)C/C=C/CCC(C)OCc1ccccc1. The maximum Gasteiger partial charge on any atom is 0.309 e. The predicted octanol–water partition coefficient (Wildman–Crippen LogP) is 4.27. The van der Waals surface area contributed by atoms with E-state index in [1.807, 2.05) is 37.3 Å². The lowest BCUT2D eigenvalue weighted by atomic mass is 10.2. The third kappa shape index (κ3) is 9.03. The van der Waals surface area contributed by atoms with Gasteiger partial charge in [-0.15, -0.1) is 0 Å². The molecule has 0 radical (unpaired) electrons. The highest BCUT2D eigenvalue weighted by atomic mass is 16.5. The highest BCUT2D eigenvalue weighted by Gasteiger charge is 2.02. The molecule has 116 valence electrons. The van der Waals surface area contributed by atoms with Crippen LogP contribution in [0.25, 0.3) is 0 Å². The second-order valence-corrected chi connectivity index (χ2v) is 5.08. The molecule has 0 aliphatic heterocycles. The summed E-state index contributed by atoms with van der Waals surface area (Å²) in [5.41, 5.74) is 1.19. The Kier molecular flexibility index (Phi) is 9.21. The minimum atomic E-state index is -0.151. The first-order valence-electron chi connectivity index (χ1n) is 7.68. The fraction of sp³-hybridized carbons (Fsp3) is 0.500. The molecule has 0 N–H and O–H groups in total. The topological polar surface area (TPSA) is 35.5 Å². The van der Waals surface area contributed by atoms with E-state index >= 15 is 0 Å². The van der Waals surface area contributed by atoms with Gasteiger partial charge in [-0.05, 0) is 31.7 Å². The van der Waals surface area contributed by atoms with Gasteiger partial charge in [-0.25, -0.2) is 0 Å². The Hall–Kier alpha value is -1.61. The van der Waals surface area contributed by atoms with Crippen molar-refractivity contribution >= 4 is 5.97 Å². The van der Waals surface area contributed by atoms with E-state index in [4.69, 9.17) is 9.47 Å². The van der Waals surface area contributed by atoms with Crippen LogP contribution in [0, 0.1) is 0 Å². The van der Waals surface area contributed by atoms with Crippen molar-refractivity contribution in [2.75, 3.05) is 6.61 Å². The zero-order valence-electron chi connectivity index (χ0n) is 13.1. The molecule has 0 aliphatic rings. The molecule has 0 fully saturated rings. The summed E-state index contributed by atoms with van der Waals surface area (Å²) in [4.78, 5) is 11.3. The van der Waals surface area contributed by atoms with Crippen molar-refractivity contribution < 1.29 is 14.3 Å². The summed E-state index contributed by atoms with van der Waals surface area (Å²) in [5.74, 6) is -0.151. The van der Waals surface area contributed by atoms with Gasteiger partial charge in [-0.3, -0.25) is 4.79 Å². The van der Waals surface area contributed by atoms with E-state index in [1.54, 1.807) is 0 Å². The monoisotopic (exact) mass is 290 g/mol. The highest BCUT2D eigenvalue weighted by molar-refractivity contribution is 5.71. The molecule has 3 nitrogen and oxygen atoms in total. The minimum absolute atomic E-state index is 0.151. The Balaban J connectivity index is 2.07. The molecule has 1 unspecified atom stereocenters. The van der Waals surface area contributed by atoms with Crippen LogP contribution in [0.5, 0.6) is 0 Å². The smallest absolute Gasteiger partial charge is 0.309 e. The average Bonchev–Trinajstić information content (AvgIpc) is 2.51. The maximum absolute atomic E-state index is 11.3. The van der Waals surface area contributed by atoms with E-state index in [2.05, 4.69) is 19.1 Å². The van der Waals surface area contributed by atoms with Crippen LogP contribution < -0.4 is 0 Å². The number of benzene rings is 1. The van der Waals surface area contributed by atoms with Crippen LogP contribution in [0.15, 0.2) is 42.5 Å². The minimum Gasteiger partial charge on any atom is -0.465 e. The summed E-state index contributed by atoms with van der Waals surface area (Å²) in [6.07, 6.45) is 7.20. The molecule has 0 bridgehead atoms. The maximum atomic E-state index is 11.3. The van der Waals surface area contributed by atoms with Crippen molar-refractivity contribution in [2.24, 2.45) is 0 Å². The van der Waals surface area contributed by atoms with Crippen LogP contribution in [-0.2, 0) is 20.9 Å². The van der Waals surface area contributed by atoms with Crippen molar-refractivity contribution in [1.29, 1.82) is 0 Å². The van der Waals surface area contributed by atoms with E-state index in [1.165, 1.54) is 5.56 Å². The molecule has 1 atom stereocenters. The van der Waals surface area contributed by atoms with Gasteiger partial charge in [0.1, 0.15) is 0 Å². The van der Waals surface area contributed by atoms with Gasteiger partial charge >= 0.3 is 5.97 Å². The van der Waals surface area contributed by atoms with Gasteiger partial charge in [-0.2, -0.15) is 0 Å². The molecule has 3 heteroatoms. The first-order chi connectivity index (χ1) is 10.2. The fourth-order valence-electron chi connectivity index (χ4n) is 1.80. The second kappa shape index (κ2) is 11.1. The average molecular weight is 290 g/mol. The lowest BCUT2D eigenvalue weighted by molar-refractivity contribution is -0.142. The number of ether oxygens (including phenoxy) is 2. The van der Waals surface area contributed by atoms with Crippen LogP contribution in [0.4, 0.5) is 0 Å². The number of allylic oxidation sites excluding steroid dienone is 1. The largest absolute Gasteiger partial charge is 0.465 e. The molecular formula is C18H26O3.